The van der Waals surface area contributed by atoms with Crippen molar-refractivity contribution in [3.8, 4) is 17.3 Å². The van der Waals surface area contributed by atoms with Gasteiger partial charge in [0, 0.05) is 23.5 Å². The highest BCUT2D eigenvalue weighted by atomic mass is 16.5. The lowest BCUT2D eigenvalue weighted by Crippen LogP contribution is -2.25. The van der Waals surface area contributed by atoms with Crippen LogP contribution in [0.1, 0.15) is 48.8 Å². The number of carbonyl (C=O) groups excluding carboxylic acids is 1. The van der Waals surface area contributed by atoms with E-state index in [-0.39, 0.29) is 24.3 Å². The molecule has 10 nitrogen and oxygen atoms in total. The van der Waals surface area contributed by atoms with Crippen molar-refractivity contribution in [2.45, 2.75) is 46.1 Å². The van der Waals surface area contributed by atoms with Gasteiger partial charge in [-0.3, -0.25) is 4.79 Å². The number of carbonyl (C=O) groups is 1. The monoisotopic (exact) mass is 447 g/mol. The Morgan fingerprint density at radius 1 is 1.12 bits per heavy atom. The number of nitrogens with zero attached hydrogens (tertiary/aromatic N) is 6. The van der Waals surface area contributed by atoms with Crippen LogP contribution in [0, 0.1) is 13.8 Å². The SMILES string of the molecule is COc1cccc([C@@H]2CC(=O)Nc3c2c(C)nn3-c2ccc3nnc(C)n3n2)c1OC(C)C. The molecule has 1 aromatic carbocycles. The topological polar surface area (TPSA) is 108 Å². The molecule has 0 saturated heterocycles. The minimum Gasteiger partial charge on any atom is -0.493 e. The molecule has 170 valence electrons. The van der Waals surface area contributed by atoms with Crippen LogP contribution >= 0.6 is 0 Å². The summed E-state index contributed by atoms with van der Waals surface area (Å²) in [5.74, 6) is 2.75. The Labute approximate surface area is 190 Å². The predicted octanol–water partition coefficient (Wildman–Crippen LogP) is 3.20. The zero-order valence-electron chi connectivity index (χ0n) is 19.2. The highest BCUT2D eigenvalue weighted by Gasteiger charge is 2.35. The number of nitrogens with one attached hydrogen (secondary N) is 1. The Hall–Kier alpha value is -3.95. The molecule has 0 spiro atoms. The molecule has 4 heterocycles. The second-order valence-electron chi connectivity index (χ2n) is 8.32. The van der Waals surface area contributed by atoms with Gasteiger partial charge in [-0.05, 0) is 45.9 Å². The Bertz CT molecular complexity index is 1370. The molecule has 1 atom stereocenters. The van der Waals surface area contributed by atoms with Gasteiger partial charge in [-0.2, -0.15) is 14.3 Å². The molecular weight excluding hydrogens is 422 g/mol. The van der Waals surface area contributed by atoms with Crippen LogP contribution in [-0.2, 0) is 4.79 Å². The van der Waals surface area contributed by atoms with Crippen molar-refractivity contribution in [1.29, 1.82) is 0 Å². The van der Waals surface area contributed by atoms with Gasteiger partial charge in [0.05, 0.1) is 18.9 Å². The van der Waals surface area contributed by atoms with Gasteiger partial charge in [0.2, 0.25) is 5.91 Å². The molecule has 1 aliphatic heterocycles. The van der Waals surface area contributed by atoms with Crippen molar-refractivity contribution in [2.75, 3.05) is 12.4 Å². The lowest BCUT2D eigenvalue weighted by Gasteiger charge is -2.27. The highest BCUT2D eigenvalue weighted by Crippen LogP contribution is 2.46. The van der Waals surface area contributed by atoms with Crippen LogP contribution in [0.25, 0.3) is 11.5 Å². The lowest BCUT2D eigenvalue weighted by molar-refractivity contribution is -0.116. The minimum atomic E-state index is -0.244. The first-order valence-corrected chi connectivity index (χ1v) is 10.8. The molecule has 0 fully saturated rings. The number of methoxy groups -OCH3 is 1. The number of aromatic nitrogens is 6. The molecule has 0 bridgehead atoms. The zero-order chi connectivity index (χ0) is 23.3. The van der Waals surface area contributed by atoms with Crippen LogP contribution in [0.2, 0.25) is 0 Å². The number of rotatable bonds is 5. The number of anilines is 1. The van der Waals surface area contributed by atoms with Gasteiger partial charge in [0.1, 0.15) is 5.82 Å². The smallest absolute Gasteiger partial charge is 0.226 e. The molecule has 4 aromatic rings. The Morgan fingerprint density at radius 3 is 2.70 bits per heavy atom. The van der Waals surface area contributed by atoms with E-state index in [0.717, 1.165) is 16.8 Å². The van der Waals surface area contributed by atoms with Crippen LogP contribution < -0.4 is 14.8 Å². The van der Waals surface area contributed by atoms with E-state index < -0.39 is 0 Å². The maximum atomic E-state index is 12.8. The molecule has 0 saturated carbocycles. The minimum absolute atomic E-state index is 0.0521. The van der Waals surface area contributed by atoms with E-state index in [1.54, 1.807) is 16.3 Å². The van der Waals surface area contributed by atoms with Crippen molar-refractivity contribution >= 4 is 17.4 Å². The maximum absolute atomic E-state index is 12.8. The molecule has 0 unspecified atom stereocenters. The molecule has 1 N–H and O–H groups in total. The van der Waals surface area contributed by atoms with E-state index in [1.807, 2.05) is 58.0 Å². The molecule has 1 amide bonds. The predicted molar refractivity (Wildman–Crippen MR) is 121 cm³/mol. The van der Waals surface area contributed by atoms with Crippen LogP contribution in [0.15, 0.2) is 30.3 Å². The van der Waals surface area contributed by atoms with Crippen LogP contribution in [0.4, 0.5) is 5.82 Å². The Morgan fingerprint density at radius 2 is 1.94 bits per heavy atom. The maximum Gasteiger partial charge on any atom is 0.226 e. The Kier molecular flexibility index (Phi) is 4.99. The number of ether oxygens (including phenoxy) is 2. The van der Waals surface area contributed by atoms with E-state index in [2.05, 4.69) is 20.6 Å². The molecule has 5 rings (SSSR count). The second kappa shape index (κ2) is 7.88. The van der Waals surface area contributed by atoms with Crippen molar-refractivity contribution in [2.24, 2.45) is 0 Å². The number of aryl methyl sites for hydroxylation is 2. The van der Waals surface area contributed by atoms with Crippen LogP contribution in [-0.4, -0.2) is 48.7 Å². The van der Waals surface area contributed by atoms with Gasteiger partial charge in [-0.1, -0.05) is 12.1 Å². The van der Waals surface area contributed by atoms with Gasteiger partial charge in [-0.15, -0.1) is 15.3 Å². The van der Waals surface area contributed by atoms with Gasteiger partial charge < -0.3 is 14.8 Å². The summed E-state index contributed by atoms with van der Waals surface area (Å²) in [5, 5.41) is 20.5. The van der Waals surface area contributed by atoms with E-state index in [1.165, 1.54) is 0 Å². The number of benzene rings is 1. The quantitative estimate of drug-likeness (QED) is 0.500. The summed E-state index contributed by atoms with van der Waals surface area (Å²) in [6, 6.07) is 9.39. The van der Waals surface area contributed by atoms with Crippen LogP contribution in [0.3, 0.4) is 0 Å². The third-order valence-electron chi connectivity index (χ3n) is 5.68. The summed E-state index contributed by atoms with van der Waals surface area (Å²) in [7, 11) is 1.61. The summed E-state index contributed by atoms with van der Waals surface area (Å²) in [5.41, 5.74) is 3.26. The summed E-state index contributed by atoms with van der Waals surface area (Å²) >= 11 is 0. The molecule has 3 aromatic heterocycles. The molecule has 0 radical (unpaired) electrons. The van der Waals surface area contributed by atoms with Crippen molar-refractivity contribution in [3.63, 3.8) is 0 Å². The average molecular weight is 447 g/mol. The third-order valence-corrected chi connectivity index (χ3v) is 5.68. The highest BCUT2D eigenvalue weighted by molar-refractivity contribution is 5.95. The normalized spacial score (nSPS) is 15.6. The van der Waals surface area contributed by atoms with E-state index in [0.29, 0.717) is 34.6 Å². The summed E-state index contributed by atoms with van der Waals surface area (Å²) < 4.78 is 15.0. The largest absolute Gasteiger partial charge is 0.493 e. The molecule has 0 aliphatic carbocycles. The number of fused-ring (bicyclic) bond motifs is 2. The third kappa shape index (κ3) is 3.47. The van der Waals surface area contributed by atoms with Gasteiger partial charge in [0.15, 0.2) is 28.8 Å². The summed E-state index contributed by atoms with van der Waals surface area (Å²) in [6.45, 7) is 7.70. The fourth-order valence-electron chi connectivity index (χ4n) is 4.31. The fraction of sp³-hybridized carbons (Fsp3) is 0.348. The first-order chi connectivity index (χ1) is 15.9. The van der Waals surface area contributed by atoms with Crippen molar-refractivity contribution < 1.29 is 14.3 Å². The second-order valence-corrected chi connectivity index (χ2v) is 8.32. The zero-order valence-corrected chi connectivity index (χ0v) is 19.2. The van der Waals surface area contributed by atoms with Crippen molar-refractivity contribution in [3.05, 3.63) is 53.0 Å². The first kappa shape index (κ1) is 20.9. The molecular formula is C23H25N7O3. The summed E-state index contributed by atoms with van der Waals surface area (Å²) in [4.78, 5) is 12.8. The van der Waals surface area contributed by atoms with E-state index >= 15 is 0 Å². The van der Waals surface area contributed by atoms with Gasteiger partial charge in [-0.25, -0.2) is 0 Å². The van der Waals surface area contributed by atoms with Gasteiger partial charge >= 0.3 is 0 Å². The number of amides is 1. The number of hydrogen-bond donors (Lipinski definition) is 1. The number of hydrogen-bond acceptors (Lipinski definition) is 7. The van der Waals surface area contributed by atoms with Crippen LogP contribution in [0.5, 0.6) is 11.5 Å². The number of para-hydroxylation sites is 1. The molecule has 10 heteroatoms. The summed E-state index contributed by atoms with van der Waals surface area (Å²) in [6.07, 6.45) is 0.224. The van der Waals surface area contributed by atoms with Crippen molar-refractivity contribution in [1.82, 2.24) is 29.6 Å². The Balaban J connectivity index is 1.68. The van der Waals surface area contributed by atoms with E-state index in [9.17, 15) is 4.79 Å². The fourth-order valence-corrected chi connectivity index (χ4v) is 4.31. The average Bonchev–Trinajstić information content (AvgIpc) is 3.32. The van der Waals surface area contributed by atoms with Gasteiger partial charge in [0.25, 0.3) is 0 Å². The lowest BCUT2D eigenvalue weighted by atomic mass is 9.85. The molecule has 1 aliphatic rings. The van der Waals surface area contributed by atoms with E-state index in [4.69, 9.17) is 14.6 Å². The first-order valence-electron chi connectivity index (χ1n) is 10.8. The molecule has 33 heavy (non-hydrogen) atoms. The standard InChI is InChI=1S/C23H25N7O3/c1-12(2)33-22-15(7-6-8-17(22)32-5)16-11-20(31)24-23-21(16)13(3)27-30(23)19-10-9-18-26-25-14(4)29(18)28-19/h6-10,12,16H,11H2,1-5H3,(H,24,31)/t16-/m0/s1.